The van der Waals surface area contributed by atoms with Gasteiger partial charge in [-0.2, -0.15) is 10.1 Å². The van der Waals surface area contributed by atoms with Crippen molar-refractivity contribution in [1.29, 1.82) is 0 Å². The highest BCUT2D eigenvalue weighted by molar-refractivity contribution is 7.13. The minimum absolute atomic E-state index is 0.00802. The molecular formula is C15H10N6O3S. The molecule has 0 radical (unpaired) electrons. The van der Waals surface area contributed by atoms with E-state index in [-0.39, 0.29) is 12.2 Å². The average Bonchev–Trinajstić information content (AvgIpc) is 3.37. The van der Waals surface area contributed by atoms with E-state index in [9.17, 15) is 10.1 Å². The Morgan fingerprint density at radius 2 is 2.16 bits per heavy atom. The number of aromatic nitrogens is 5. The lowest BCUT2D eigenvalue weighted by atomic mass is 10.2. The Hall–Kier alpha value is -3.40. The molecule has 0 aliphatic carbocycles. The second-order valence-corrected chi connectivity index (χ2v) is 6.01. The average molecular weight is 354 g/mol. The van der Waals surface area contributed by atoms with Gasteiger partial charge < -0.3 is 4.52 Å². The second-order valence-electron chi connectivity index (χ2n) is 5.06. The molecule has 0 aliphatic rings. The highest BCUT2D eigenvalue weighted by atomic mass is 32.1. The van der Waals surface area contributed by atoms with Crippen LogP contribution in [0.15, 0.2) is 52.6 Å². The molecule has 0 saturated carbocycles. The maximum atomic E-state index is 10.9. The summed E-state index contributed by atoms with van der Waals surface area (Å²) in [5, 5.41) is 21.0. The Balaban J connectivity index is 1.54. The van der Waals surface area contributed by atoms with Gasteiger partial charge in [0, 0.05) is 17.7 Å². The van der Waals surface area contributed by atoms with Crippen LogP contribution in [0.2, 0.25) is 0 Å². The number of nitro groups is 1. The van der Waals surface area contributed by atoms with Crippen molar-refractivity contribution >= 4 is 17.0 Å². The summed E-state index contributed by atoms with van der Waals surface area (Å²) in [6.07, 6.45) is 1.52. The molecule has 0 spiro atoms. The summed E-state index contributed by atoms with van der Waals surface area (Å²) in [6.45, 7) is 0.264. The summed E-state index contributed by atoms with van der Waals surface area (Å²) in [4.78, 5) is 19.8. The summed E-state index contributed by atoms with van der Waals surface area (Å²) in [6, 6.07) is 9.99. The highest BCUT2D eigenvalue weighted by Crippen LogP contribution is 2.22. The Morgan fingerprint density at radius 1 is 1.24 bits per heavy atom. The van der Waals surface area contributed by atoms with Crippen LogP contribution >= 0.6 is 11.3 Å². The number of rotatable bonds is 5. The lowest BCUT2D eigenvalue weighted by Crippen LogP contribution is -2.00. The van der Waals surface area contributed by atoms with Crippen molar-refractivity contribution in [3.63, 3.8) is 0 Å². The Labute approximate surface area is 144 Å². The third kappa shape index (κ3) is 3.15. The normalized spacial score (nSPS) is 10.9. The molecular weight excluding hydrogens is 344 g/mol. The van der Waals surface area contributed by atoms with Gasteiger partial charge in [0.1, 0.15) is 12.9 Å². The van der Waals surface area contributed by atoms with Crippen LogP contribution in [-0.4, -0.2) is 29.8 Å². The monoisotopic (exact) mass is 354 g/mol. The molecule has 0 unspecified atom stereocenters. The molecule has 1 aromatic carbocycles. The van der Waals surface area contributed by atoms with E-state index in [0.717, 1.165) is 4.88 Å². The van der Waals surface area contributed by atoms with Gasteiger partial charge in [0.05, 0.1) is 9.80 Å². The first-order chi connectivity index (χ1) is 12.2. The third-order valence-electron chi connectivity index (χ3n) is 3.36. The summed E-state index contributed by atoms with van der Waals surface area (Å²) in [7, 11) is 0. The third-order valence-corrected chi connectivity index (χ3v) is 4.22. The molecule has 124 valence electrons. The minimum atomic E-state index is -0.453. The summed E-state index contributed by atoms with van der Waals surface area (Å²) >= 11 is 1.53. The maximum absolute atomic E-state index is 10.9. The zero-order valence-corrected chi connectivity index (χ0v) is 13.5. The lowest BCUT2D eigenvalue weighted by Gasteiger charge is -1.96. The Bertz CT molecular complexity index is 1020. The fraction of sp³-hybridized carbons (Fsp3) is 0.0667. The topological polar surface area (TPSA) is 113 Å². The van der Waals surface area contributed by atoms with Gasteiger partial charge in [-0.1, -0.05) is 23.4 Å². The predicted molar refractivity (Wildman–Crippen MR) is 88.8 cm³/mol. The second kappa shape index (κ2) is 6.24. The van der Waals surface area contributed by atoms with Crippen molar-refractivity contribution in [2.24, 2.45) is 0 Å². The first-order valence-electron chi connectivity index (χ1n) is 7.20. The molecule has 0 saturated heterocycles. The van der Waals surface area contributed by atoms with Crippen molar-refractivity contribution in [3.8, 4) is 22.1 Å². The van der Waals surface area contributed by atoms with Gasteiger partial charge in [-0.15, -0.1) is 11.3 Å². The molecule has 4 rings (SSSR count). The SMILES string of the molecule is O=[N+]([O-])c1cccc(-c2ncn(Cc3nc(-c4cccs4)no3)n2)c1. The molecule has 3 aromatic heterocycles. The Morgan fingerprint density at radius 3 is 2.96 bits per heavy atom. The smallest absolute Gasteiger partial charge is 0.270 e. The molecule has 0 fully saturated rings. The number of hydrogen-bond donors (Lipinski definition) is 0. The van der Waals surface area contributed by atoms with E-state index >= 15 is 0 Å². The molecule has 10 heteroatoms. The number of benzene rings is 1. The number of nitro benzene ring substituents is 1. The van der Waals surface area contributed by atoms with Crippen LogP contribution in [0, 0.1) is 10.1 Å². The largest absolute Gasteiger partial charge is 0.337 e. The Kier molecular flexibility index (Phi) is 3.78. The van der Waals surface area contributed by atoms with Gasteiger partial charge in [-0.3, -0.25) is 10.1 Å². The molecule has 0 bridgehead atoms. The maximum Gasteiger partial charge on any atom is 0.270 e. The van der Waals surface area contributed by atoms with Crippen molar-refractivity contribution in [3.05, 3.63) is 64.1 Å². The predicted octanol–water partition coefficient (Wildman–Crippen LogP) is 3.01. The molecule has 0 aliphatic heterocycles. The van der Waals surface area contributed by atoms with E-state index in [1.807, 2.05) is 17.5 Å². The molecule has 0 N–H and O–H groups in total. The first-order valence-corrected chi connectivity index (χ1v) is 8.08. The van der Waals surface area contributed by atoms with Crippen LogP contribution in [0.3, 0.4) is 0 Å². The number of hydrogen-bond acceptors (Lipinski definition) is 8. The lowest BCUT2D eigenvalue weighted by molar-refractivity contribution is -0.384. The highest BCUT2D eigenvalue weighted by Gasteiger charge is 2.13. The molecule has 25 heavy (non-hydrogen) atoms. The van der Waals surface area contributed by atoms with E-state index in [1.54, 1.807) is 16.8 Å². The van der Waals surface area contributed by atoms with Crippen LogP contribution in [0.5, 0.6) is 0 Å². The van der Waals surface area contributed by atoms with Crippen LogP contribution in [-0.2, 0) is 6.54 Å². The fourth-order valence-electron chi connectivity index (χ4n) is 2.23. The van der Waals surface area contributed by atoms with Crippen LogP contribution < -0.4 is 0 Å². The summed E-state index contributed by atoms with van der Waals surface area (Å²) in [5.74, 6) is 1.32. The zero-order chi connectivity index (χ0) is 17.2. The van der Waals surface area contributed by atoms with Crippen LogP contribution in [0.1, 0.15) is 5.89 Å². The summed E-state index contributed by atoms with van der Waals surface area (Å²) < 4.78 is 6.77. The summed E-state index contributed by atoms with van der Waals surface area (Å²) in [5.41, 5.74) is 0.559. The van der Waals surface area contributed by atoms with E-state index in [4.69, 9.17) is 4.52 Å². The zero-order valence-electron chi connectivity index (χ0n) is 12.6. The van der Waals surface area contributed by atoms with Crippen molar-refractivity contribution in [1.82, 2.24) is 24.9 Å². The first kappa shape index (κ1) is 15.1. The van der Waals surface area contributed by atoms with Crippen LogP contribution in [0.4, 0.5) is 5.69 Å². The van der Waals surface area contributed by atoms with Crippen molar-refractivity contribution in [2.45, 2.75) is 6.54 Å². The standard InChI is InChI=1S/C15H10N6O3S/c22-21(23)11-4-1-3-10(7-11)14-16-9-20(18-14)8-13-17-15(19-24-13)12-5-2-6-25-12/h1-7,9H,8H2. The number of non-ortho nitro benzene ring substituents is 1. The minimum Gasteiger partial charge on any atom is -0.337 e. The van der Waals surface area contributed by atoms with E-state index in [0.29, 0.717) is 23.1 Å². The fourth-order valence-corrected chi connectivity index (χ4v) is 2.87. The molecule has 0 amide bonds. The van der Waals surface area contributed by atoms with Gasteiger partial charge in [-0.25, -0.2) is 9.67 Å². The molecule has 3 heterocycles. The van der Waals surface area contributed by atoms with E-state index in [1.165, 1.54) is 29.8 Å². The van der Waals surface area contributed by atoms with Crippen LogP contribution in [0.25, 0.3) is 22.1 Å². The van der Waals surface area contributed by atoms with E-state index in [2.05, 4.69) is 20.2 Å². The van der Waals surface area contributed by atoms with Gasteiger partial charge in [0.25, 0.3) is 5.69 Å². The number of thiophene rings is 1. The van der Waals surface area contributed by atoms with E-state index < -0.39 is 4.92 Å². The molecule has 4 aromatic rings. The van der Waals surface area contributed by atoms with Gasteiger partial charge in [-0.05, 0) is 11.4 Å². The number of nitrogens with zero attached hydrogens (tertiary/aromatic N) is 6. The quantitative estimate of drug-likeness (QED) is 0.400. The molecule has 0 atom stereocenters. The van der Waals surface area contributed by atoms with Gasteiger partial charge in [0.2, 0.25) is 11.7 Å². The van der Waals surface area contributed by atoms with Gasteiger partial charge in [0.15, 0.2) is 5.82 Å². The van der Waals surface area contributed by atoms with Gasteiger partial charge >= 0.3 is 0 Å². The van der Waals surface area contributed by atoms with Crippen molar-refractivity contribution < 1.29 is 9.45 Å². The molecule has 9 nitrogen and oxygen atoms in total. The van der Waals surface area contributed by atoms with Crippen molar-refractivity contribution in [2.75, 3.05) is 0 Å².